The van der Waals surface area contributed by atoms with Crippen LogP contribution in [0.5, 0.6) is 0 Å². The molecule has 0 aliphatic heterocycles. The van der Waals surface area contributed by atoms with Crippen molar-refractivity contribution in [2.45, 2.75) is 6.92 Å². The largest absolute Gasteiger partial charge is 0.466 e. The summed E-state index contributed by atoms with van der Waals surface area (Å²) in [5, 5.41) is 0. The summed E-state index contributed by atoms with van der Waals surface area (Å²) >= 11 is 0. The zero-order chi connectivity index (χ0) is 8.97. The molecule has 0 bridgehead atoms. The van der Waals surface area contributed by atoms with Gasteiger partial charge in [-0.15, -0.1) is 0 Å². The van der Waals surface area contributed by atoms with Crippen LogP contribution in [0, 0.1) is 0 Å². The minimum atomic E-state index is -0.360. The zero-order valence-electron chi connectivity index (χ0n) is 7.02. The van der Waals surface area contributed by atoms with E-state index in [4.69, 9.17) is 0 Å². The van der Waals surface area contributed by atoms with Gasteiger partial charge in [-0.25, -0.2) is 9.78 Å². The van der Waals surface area contributed by atoms with Crippen LogP contribution in [0.15, 0.2) is 24.8 Å². The summed E-state index contributed by atoms with van der Waals surface area (Å²) in [5.41, 5.74) is 0.777. The molecule has 0 spiro atoms. The maximum absolute atomic E-state index is 10.8. The molecule has 0 saturated heterocycles. The lowest BCUT2D eigenvalue weighted by atomic mass is 10.4. The Balaban J connectivity index is 2.77. The number of carbonyl (C=O) groups excluding carboxylic acids is 1. The average Bonchev–Trinajstić information content (AvgIpc) is 2.56. The van der Waals surface area contributed by atoms with E-state index in [1.165, 1.54) is 13.2 Å². The average molecular weight is 166 g/mol. The molecule has 0 aliphatic rings. The number of allylic oxidation sites excluding steroid dienone is 1. The number of aromatic nitrogens is 2. The van der Waals surface area contributed by atoms with Gasteiger partial charge in [-0.05, 0) is 6.92 Å². The topological polar surface area (TPSA) is 44.1 Å². The van der Waals surface area contributed by atoms with Crippen LogP contribution in [0.1, 0.15) is 6.92 Å². The van der Waals surface area contributed by atoms with Gasteiger partial charge < -0.3 is 9.30 Å². The summed E-state index contributed by atoms with van der Waals surface area (Å²) < 4.78 is 6.20. The van der Waals surface area contributed by atoms with Gasteiger partial charge in [0.1, 0.15) is 0 Å². The number of rotatable bonds is 2. The van der Waals surface area contributed by atoms with Gasteiger partial charge in [-0.2, -0.15) is 0 Å². The maximum Gasteiger partial charge on any atom is 0.332 e. The number of ether oxygens (including phenoxy) is 1. The quantitative estimate of drug-likeness (QED) is 0.484. The molecule has 0 radical (unpaired) electrons. The molecule has 0 amide bonds. The molecule has 0 aromatic carbocycles. The van der Waals surface area contributed by atoms with Crippen LogP contribution >= 0.6 is 0 Å². The molecule has 1 aromatic rings. The second kappa shape index (κ2) is 3.71. The highest BCUT2D eigenvalue weighted by atomic mass is 16.5. The summed E-state index contributed by atoms with van der Waals surface area (Å²) in [6.45, 7) is 1.80. The van der Waals surface area contributed by atoms with Crippen LogP contribution in [-0.4, -0.2) is 22.6 Å². The van der Waals surface area contributed by atoms with Gasteiger partial charge in [0.25, 0.3) is 0 Å². The highest BCUT2D eigenvalue weighted by molar-refractivity contribution is 5.87. The van der Waals surface area contributed by atoms with E-state index in [-0.39, 0.29) is 5.97 Å². The first-order chi connectivity index (χ1) is 5.74. The van der Waals surface area contributed by atoms with Crippen LogP contribution in [0.25, 0.3) is 5.70 Å². The molecule has 1 aromatic heterocycles. The van der Waals surface area contributed by atoms with Gasteiger partial charge in [0, 0.05) is 24.2 Å². The Kier molecular flexibility index (Phi) is 2.63. The summed E-state index contributed by atoms with van der Waals surface area (Å²) in [6, 6.07) is 0. The molecule has 0 fully saturated rings. The minimum Gasteiger partial charge on any atom is -0.466 e. The lowest BCUT2D eigenvalue weighted by molar-refractivity contribution is -0.134. The molecule has 0 aliphatic carbocycles. The van der Waals surface area contributed by atoms with Gasteiger partial charge in [0.15, 0.2) is 0 Å². The van der Waals surface area contributed by atoms with Crippen molar-refractivity contribution >= 4 is 11.7 Å². The Hall–Kier alpha value is -1.58. The number of imidazole rings is 1. The standard InChI is InChI=1S/C8H10N2O2/c1-7(5-8(11)12-2)10-4-3-9-6-10/h3-6H,1-2H3. The smallest absolute Gasteiger partial charge is 0.332 e. The highest BCUT2D eigenvalue weighted by Gasteiger charge is 1.97. The first-order valence-corrected chi connectivity index (χ1v) is 3.48. The third-order valence-corrected chi connectivity index (χ3v) is 1.44. The van der Waals surface area contributed by atoms with E-state index < -0.39 is 0 Å². The number of esters is 1. The highest BCUT2D eigenvalue weighted by Crippen LogP contribution is 2.01. The fourth-order valence-electron chi connectivity index (χ4n) is 0.772. The van der Waals surface area contributed by atoms with E-state index in [1.807, 2.05) is 0 Å². The molecule has 12 heavy (non-hydrogen) atoms. The van der Waals surface area contributed by atoms with Crippen molar-refractivity contribution in [3.05, 3.63) is 24.8 Å². The number of methoxy groups -OCH3 is 1. The first-order valence-electron chi connectivity index (χ1n) is 3.48. The normalized spacial score (nSPS) is 11.3. The lowest BCUT2D eigenvalue weighted by Crippen LogP contribution is -1.98. The van der Waals surface area contributed by atoms with Gasteiger partial charge in [-0.3, -0.25) is 0 Å². The van der Waals surface area contributed by atoms with Gasteiger partial charge >= 0.3 is 5.97 Å². The molecular formula is C8H10N2O2. The van der Waals surface area contributed by atoms with Crippen LogP contribution < -0.4 is 0 Å². The van der Waals surface area contributed by atoms with E-state index in [0.29, 0.717) is 0 Å². The molecule has 0 saturated carbocycles. The molecular weight excluding hydrogens is 156 g/mol. The fraction of sp³-hybridized carbons (Fsp3) is 0.250. The van der Waals surface area contributed by atoms with Crippen molar-refractivity contribution in [2.24, 2.45) is 0 Å². The van der Waals surface area contributed by atoms with E-state index in [9.17, 15) is 4.79 Å². The van der Waals surface area contributed by atoms with E-state index >= 15 is 0 Å². The van der Waals surface area contributed by atoms with Crippen molar-refractivity contribution in [3.63, 3.8) is 0 Å². The molecule has 4 heteroatoms. The number of hydrogen-bond acceptors (Lipinski definition) is 3. The molecule has 4 nitrogen and oxygen atoms in total. The van der Waals surface area contributed by atoms with Crippen molar-refractivity contribution in [3.8, 4) is 0 Å². The van der Waals surface area contributed by atoms with Crippen molar-refractivity contribution in [2.75, 3.05) is 7.11 Å². The number of hydrogen-bond donors (Lipinski definition) is 0. The SMILES string of the molecule is COC(=O)C=C(C)n1ccnc1. The van der Waals surface area contributed by atoms with Crippen molar-refractivity contribution < 1.29 is 9.53 Å². The molecule has 1 rings (SSSR count). The molecule has 64 valence electrons. The Morgan fingerprint density at radius 2 is 2.42 bits per heavy atom. The Bertz CT molecular complexity index is 288. The minimum absolute atomic E-state index is 0.360. The zero-order valence-corrected chi connectivity index (χ0v) is 7.02. The molecule has 1 heterocycles. The summed E-state index contributed by atoms with van der Waals surface area (Å²) in [7, 11) is 1.35. The summed E-state index contributed by atoms with van der Waals surface area (Å²) in [5.74, 6) is -0.360. The van der Waals surface area contributed by atoms with E-state index in [2.05, 4.69) is 9.72 Å². The molecule has 0 unspecified atom stereocenters. The third kappa shape index (κ3) is 1.95. The number of nitrogens with zero attached hydrogens (tertiary/aromatic N) is 2. The number of carbonyl (C=O) groups is 1. The summed E-state index contributed by atoms with van der Waals surface area (Å²) in [6.07, 6.45) is 6.43. The van der Waals surface area contributed by atoms with E-state index in [0.717, 1.165) is 5.70 Å². The van der Waals surface area contributed by atoms with Crippen LogP contribution in [0.3, 0.4) is 0 Å². The first kappa shape index (κ1) is 8.52. The second-order valence-electron chi connectivity index (χ2n) is 2.28. The second-order valence-corrected chi connectivity index (χ2v) is 2.28. The van der Waals surface area contributed by atoms with Gasteiger partial charge in [0.2, 0.25) is 0 Å². The molecule has 0 N–H and O–H groups in total. The van der Waals surface area contributed by atoms with Crippen molar-refractivity contribution in [1.29, 1.82) is 0 Å². The molecule has 0 atom stereocenters. The summed E-state index contributed by atoms with van der Waals surface area (Å²) in [4.78, 5) is 14.6. The van der Waals surface area contributed by atoms with Crippen LogP contribution in [0.2, 0.25) is 0 Å². The van der Waals surface area contributed by atoms with Gasteiger partial charge in [0.05, 0.1) is 13.4 Å². The predicted molar refractivity (Wildman–Crippen MR) is 44.2 cm³/mol. The van der Waals surface area contributed by atoms with Crippen molar-refractivity contribution in [1.82, 2.24) is 9.55 Å². The third-order valence-electron chi connectivity index (χ3n) is 1.44. The Labute approximate surface area is 70.5 Å². The maximum atomic E-state index is 10.8. The van der Waals surface area contributed by atoms with Gasteiger partial charge in [-0.1, -0.05) is 0 Å². The van der Waals surface area contributed by atoms with E-state index in [1.54, 1.807) is 30.2 Å². The lowest BCUT2D eigenvalue weighted by Gasteiger charge is -1.99. The Morgan fingerprint density at radius 3 is 2.92 bits per heavy atom. The predicted octanol–water partition coefficient (Wildman–Crippen LogP) is 0.917. The fourth-order valence-corrected chi connectivity index (χ4v) is 0.772. The monoisotopic (exact) mass is 166 g/mol. The van der Waals surface area contributed by atoms with Crippen LogP contribution in [0.4, 0.5) is 0 Å². The van der Waals surface area contributed by atoms with Crippen LogP contribution in [-0.2, 0) is 9.53 Å². The Morgan fingerprint density at radius 1 is 1.67 bits per heavy atom.